The quantitative estimate of drug-likeness (QED) is 0.529. The molecule has 0 radical (unpaired) electrons. The number of benzene rings is 2. The highest BCUT2D eigenvalue weighted by atomic mass is 35.5. The third-order valence-corrected chi connectivity index (χ3v) is 4.74. The van der Waals surface area contributed by atoms with Gasteiger partial charge < -0.3 is 14.4 Å². The van der Waals surface area contributed by atoms with Crippen LogP contribution in [0.1, 0.15) is 38.3 Å². The summed E-state index contributed by atoms with van der Waals surface area (Å²) in [5, 5.41) is 13.6. The highest BCUT2D eigenvalue weighted by molar-refractivity contribution is 6.32. The number of aliphatic carboxylic acids is 1. The maximum Gasteiger partial charge on any atom is 0.303 e. The number of nitrogens with zero attached hydrogens (tertiary/aromatic N) is 2. The van der Waals surface area contributed by atoms with Gasteiger partial charge >= 0.3 is 5.97 Å². The molecule has 3 aromatic rings. The molecule has 1 N–H and O–H groups in total. The van der Waals surface area contributed by atoms with E-state index in [0.29, 0.717) is 34.5 Å². The third kappa shape index (κ3) is 4.95. The fraction of sp³-hybridized carbons (Fsp3) is 0.318. The predicted octanol–water partition coefficient (Wildman–Crippen LogP) is 5.42. The molecule has 1 aromatic heterocycles. The number of hydrogen-bond donors (Lipinski definition) is 1. The number of carboxylic acids is 1. The van der Waals surface area contributed by atoms with Crippen LogP contribution in [0.4, 0.5) is 0 Å². The molecule has 0 bridgehead atoms. The van der Waals surface area contributed by atoms with Crippen LogP contribution < -0.4 is 4.74 Å². The molecule has 6 nitrogen and oxygen atoms in total. The number of rotatable bonds is 8. The van der Waals surface area contributed by atoms with Gasteiger partial charge in [0.2, 0.25) is 5.82 Å². The summed E-state index contributed by atoms with van der Waals surface area (Å²) in [6, 6.07) is 11.1. The summed E-state index contributed by atoms with van der Waals surface area (Å²) < 4.78 is 11.1. The van der Waals surface area contributed by atoms with E-state index in [1.165, 1.54) is 0 Å². The summed E-state index contributed by atoms with van der Waals surface area (Å²) >= 11 is 6.31. The minimum absolute atomic E-state index is 0.0224. The van der Waals surface area contributed by atoms with Crippen molar-refractivity contribution in [2.45, 2.75) is 46.1 Å². The van der Waals surface area contributed by atoms with Crippen molar-refractivity contribution in [1.29, 1.82) is 0 Å². The van der Waals surface area contributed by atoms with Crippen molar-refractivity contribution in [3.63, 3.8) is 0 Å². The van der Waals surface area contributed by atoms with Gasteiger partial charge in [-0.15, -0.1) is 0 Å². The van der Waals surface area contributed by atoms with Gasteiger partial charge in [-0.3, -0.25) is 4.79 Å². The van der Waals surface area contributed by atoms with Crippen molar-refractivity contribution >= 4 is 17.6 Å². The molecule has 3 rings (SSSR count). The topological polar surface area (TPSA) is 85.5 Å². The first-order chi connectivity index (χ1) is 13.9. The second-order valence-corrected chi connectivity index (χ2v) is 7.33. The molecule has 2 aromatic carbocycles. The van der Waals surface area contributed by atoms with Gasteiger partial charge in [0, 0.05) is 17.5 Å². The molecule has 0 amide bonds. The zero-order valence-electron chi connectivity index (χ0n) is 16.6. The average molecular weight is 415 g/mol. The molecule has 1 heterocycles. The zero-order valence-corrected chi connectivity index (χ0v) is 17.4. The van der Waals surface area contributed by atoms with Gasteiger partial charge in [0.25, 0.3) is 5.89 Å². The first kappa shape index (κ1) is 20.9. The Morgan fingerprint density at radius 3 is 2.72 bits per heavy atom. The SMILES string of the molecule is CCc1c(CCC(=O)O)cccc1-c1noc(-c2ccc(OC(C)C)c(Cl)c2)n1. The Bertz CT molecular complexity index is 1010. The van der Waals surface area contributed by atoms with E-state index in [1.807, 2.05) is 45.0 Å². The van der Waals surface area contributed by atoms with Crippen molar-refractivity contribution in [3.05, 3.63) is 52.5 Å². The number of halogens is 1. The van der Waals surface area contributed by atoms with Gasteiger partial charge in [-0.25, -0.2) is 0 Å². The lowest BCUT2D eigenvalue weighted by atomic mass is 9.95. The minimum atomic E-state index is -0.818. The monoisotopic (exact) mass is 414 g/mol. The lowest BCUT2D eigenvalue weighted by Gasteiger charge is -2.11. The van der Waals surface area contributed by atoms with Crippen molar-refractivity contribution in [2.24, 2.45) is 0 Å². The summed E-state index contributed by atoms with van der Waals surface area (Å²) in [6.07, 6.45) is 1.30. The van der Waals surface area contributed by atoms with Crippen LogP contribution in [0, 0.1) is 0 Å². The van der Waals surface area contributed by atoms with Crippen LogP contribution in [0.5, 0.6) is 5.75 Å². The molecule has 0 aliphatic heterocycles. The van der Waals surface area contributed by atoms with Gasteiger partial charge in [0.15, 0.2) is 0 Å². The molecule has 29 heavy (non-hydrogen) atoms. The van der Waals surface area contributed by atoms with Gasteiger partial charge in [-0.1, -0.05) is 41.9 Å². The van der Waals surface area contributed by atoms with E-state index >= 15 is 0 Å². The first-order valence-electron chi connectivity index (χ1n) is 9.52. The molecule has 0 aliphatic rings. The van der Waals surface area contributed by atoms with E-state index in [4.69, 9.17) is 26.0 Å². The van der Waals surface area contributed by atoms with Crippen molar-refractivity contribution in [2.75, 3.05) is 0 Å². The highest BCUT2D eigenvalue weighted by Gasteiger charge is 2.17. The molecular formula is C22H23ClN2O4. The molecule has 0 unspecified atom stereocenters. The average Bonchev–Trinajstić information content (AvgIpc) is 3.17. The molecule has 0 saturated heterocycles. The summed E-state index contributed by atoms with van der Waals surface area (Å²) in [5.74, 6) is 0.606. The number of carbonyl (C=O) groups is 1. The van der Waals surface area contributed by atoms with Crippen LogP contribution in [0.15, 0.2) is 40.9 Å². The van der Waals surface area contributed by atoms with E-state index in [-0.39, 0.29) is 12.5 Å². The normalized spacial score (nSPS) is 11.1. The maximum absolute atomic E-state index is 10.9. The number of aryl methyl sites for hydroxylation is 1. The van der Waals surface area contributed by atoms with E-state index < -0.39 is 5.97 Å². The van der Waals surface area contributed by atoms with Crippen LogP contribution in [-0.4, -0.2) is 27.3 Å². The summed E-state index contributed by atoms with van der Waals surface area (Å²) in [7, 11) is 0. The smallest absolute Gasteiger partial charge is 0.303 e. The lowest BCUT2D eigenvalue weighted by molar-refractivity contribution is -0.136. The van der Waals surface area contributed by atoms with Crippen LogP contribution in [0.25, 0.3) is 22.8 Å². The van der Waals surface area contributed by atoms with Crippen LogP contribution in [0.3, 0.4) is 0 Å². The fourth-order valence-corrected chi connectivity index (χ4v) is 3.40. The Labute approximate surface area is 174 Å². The van der Waals surface area contributed by atoms with Gasteiger partial charge in [-0.05, 0) is 56.0 Å². The summed E-state index contributed by atoms with van der Waals surface area (Å²) in [4.78, 5) is 15.5. The van der Waals surface area contributed by atoms with Crippen molar-refractivity contribution < 1.29 is 19.2 Å². The number of hydrogen-bond acceptors (Lipinski definition) is 5. The molecule has 7 heteroatoms. The Hall–Kier alpha value is -2.86. The van der Waals surface area contributed by atoms with Crippen LogP contribution >= 0.6 is 11.6 Å². The second kappa shape index (κ2) is 9.09. The number of aromatic nitrogens is 2. The van der Waals surface area contributed by atoms with E-state index in [2.05, 4.69) is 10.1 Å². The Morgan fingerprint density at radius 1 is 1.28 bits per heavy atom. The second-order valence-electron chi connectivity index (χ2n) is 6.93. The Kier molecular flexibility index (Phi) is 6.54. The van der Waals surface area contributed by atoms with Gasteiger partial charge in [0.1, 0.15) is 5.75 Å². The minimum Gasteiger partial charge on any atom is -0.489 e. The standard InChI is InChI=1S/C22H23ClN2O4/c1-4-16-14(9-11-20(26)27)6-5-7-17(16)21-24-22(29-25-21)15-8-10-19(18(23)12-15)28-13(2)3/h5-8,10,12-13H,4,9,11H2,1-3H3,(H,26,27). The molecule has 0 atom stereocenters. The predicted molar refractivity (Wildman–Crippen MR) is 111 cm³/mol. The lowest BCUT2D eigenvalue weighted by Crippen LogP contribution is -2.05. The highest BCUT2D eigenvalue weighted by Crippen LogP contribution is 2.32. The maximum atomic E-state index is 10.9. The van der Waals surface area contributed by atoms with Crippen molar-refractivity contribution in [3.8, 4) is 28.6 Å². The largest absolute Gasteiger partial charge is 0.489 e. The van der Waals surface area contributed by atoms with Gasteiger partial charge in [0.05, 0.1) is 11.1 Å². The zero-order chi connectivity index (χ0) is 21.0. The fourth-order valence-electron chi connectivity index (χ4n) is 3.17. The molecule has 152 valence electrons. The van der Waals surface area contributed by atoms with E-state index in [9.17, 15) is 4.79 Å². The van der Waals surface area contributed by atoms with Crippen molar-refractivity contribution in [1.82, 2.24) is 10.1 Å². The summed E-state index contributed by atoms with van der Waals surface area (Å²) in [6.45, 7) is 5.89. The number of carboxylic acid groups (broad SMARTS) is 1. The first-order valence-corrected chi connectivity index (χ1v) is 9.90. The molecule has 0 spiro atoms. The molecular weight excluding hydrogens is 392 g/mol. The van der Waals surface area contributed by atoms with E-state index in [1.54, 1.807) is 12.1 Å². The van der Waals surface area contributed by atoms with Crippen LogP contribution in [0.2, 0.25) is 5.02 Å². The van der Waals surface area contributed by atoms with E-state index in [0.717, 1.165) is 23.1 Å². The van der Waals surface area contributed by atoms with Crippen LogP contribution in [-0.2, 0) is 17.6 Å². The molecule has 0 fully saturated rings. The Balaban J connectivity index is 1.91. The van der Waals surface area contributed by atoms with Gasteiger partial charge in [-0.2, -0.15) is 4.98 Å². The molecule has 0 saturated carbocycles. The third-order valence-electron chi connectivity index (χ3n) is 4.44. The number of ether oxygens (including phenoxy) is 1. The summed E-state index contributed by atoms with van der Waals surface area (Å²) in [5.41, 5.74) is 3.55. The Morgan fingerprint density at radius 2 is 2.07 bits per heavy atom. The molecule has 0 aliphatic carbocycles.